The molecule has 47 heavy (non-hydrogen) atoms. The molecule has 2 saturated heterocycles. The maximum Gasteiger partial charge on any atom is 0.258 e. The summed E-state index contributed by atoms with van der Waals surface area (Å²) >= 11 is 14.9. The zero-order valence-electron chi connectivity index (χ0n) is 24.7. The van der Waals surface area contributed by atoms with Gasteiger partial charge in [-0.1, -0.05) is 42.0 Å². The Kier molecular flexibility index (Phi) is 6.69. The lowest BCUT2D eigenvalue weighted by Crippen LogP contribution is -2.61. The van der Waals surface area contributed by atoms with Crippen LogP contribution in [0.3, 0.4) is 0 Å². The molecule has 0 bridgehead atoms. The zero-order valence-corrected chi connectivity index (χ0v) is 26.2. The van der Waals surface area contributed by atoms with E-state index in [-0.39, 0.29) is 49.1 Å². The van der Waals surface area contributed by atoms with E-state index in [9.17, 15) is 28.7 Å². The number of alkyl halides is 2. The molecule has 0 aromatic heterocycles. The number of anilines is 1. The van der Waals surface area contributed by atoms with Crippen molar-refractivity contribution in [1.82, 2.24) is 4.90 Å². The molecule has 1 N–H and O–H groups in total. The number of benzene rings is 3. The van der Waals surface area contributed by atoms with Gasteiger partial charge in [0, 0.05) is 17.9 Å². The zero-order chi connectivity index (χ0) is 32.8. The van der Waals surface area contributed by atoms with Crippen LogP contribution in [0.1, 0.15) is 24.0 Å². The van der Waals surface area contributed by atoms with Crippen LogP contribution in [0, 0.1) is 29.5 Å². The minimum atomic E-state index is -2.06. The first-order valence-electron chi connectivity index (χ1n) is 15.3. The van der Waals surface area contributed by atoms with Crippen LogP contribution >= 0.6 is 23.2 Å². The fraction of sp³-hybridized carbons (Fsp3) is 0.278. The summed E-state index contributed by atoms with van der Waals surface area (Å²) in [7, 11) is 0. The SMILES string of the molecule is O=C1C2CC=C3C(CC4(Cl)C(=O)N(c5ccc(F)cc5)C(=O)C4(Cl)C3C3=COc4ccc(O)cc4C3)C2C(=O)N1Cc1ccccc1. The standard InChI is InChI=1S/C36H27Cl2FN2O6/c37-35-16-27-25(11-12-26-29(27)32(44)40(31(26)43)17-19-4-2-1-3-5-19)30(21-14-20-15-24(42)10-13-28(20)47-18-21)36(35,38)34(46)41(33(35)45)23-8-6-22(39)7-9-23/h1-11,13,15,18,26-27,29-30,42H,12,14,16-17H2. The van der Waals surface area contributed by atoms with Crippen molar-refractivity contribution in [2.75, 3.05) is 4.90 Å². The Morgan fingerprint density at radius 2 is 1.66 bits per heavy atom. The molecule has 3 aromatic carbocycles. The van der Waals surface area contributed by atoms with Gasteiger partial charge >= 0.3 is 0 Å². The monoisotopic (exact) mass is 672 g/mol. The first-order chi connectivity index (χ1) is 22.5. The number of fused-ring (bicyclic) bond motifs is 5. The van der Waals surface area contributed by atoms with Crippen molar-refractivity contribution in [3.05, 3.63) is 113 Å². The van der Waals surface area contributed by atoms with Crippen LogP contribution in [0.15, 0.2) is 96.3 Å². The van der Waals surface area contributed by atoms with Gasteiger partial charge in [-0.3, -0.25) is 24.1 Å². The molecule has 0 radical (unpaired) electrons. The molecule has 3 fully saturated rings. The van der Waals surface area contributed by atoms with E-state index in [1.165, 1.54) is 29.4 Å². The maximum atomic E-state index is 14.5. The van der Waals surface area contributed by atoms with E-state index in [1.807, 2.05) is 36.4 Å². The van der Waals surface area contributed by atoms with Gasteiger partial charge in [-0.15, -0.1) is 23.2 Å². The predicted molar refractivity (Wildman–Crippen MR) is 170 cm³/mol. The maximum absolute atomic E-state index is 14.5. The molecule has 11 heteroatoms. The van der Waals surface area contributed by atoms with Crippen molar-refractivity contribution < 1.29 is 33.4 Å². The van der Waals surface area contributed by atoms with Gasteiger partial charge in [0.25, 0.3) is 11.8 Å². The molecule has 3 aliphatic heterocycles. The van der Waals surface area contributed by atoms with Gasteiger partial charge in [0.15, 0.2) is 9.75 Å². The molecule has 238 valence electrons. The van der Waals surface area contributed by atoms with E-state index in [1.54, 1.807) is 12.1 Å². The molecule has 3 heterocycles. The Hall–Kier alpha value is -4.47. The summed E-state index contributed by atoms with van der Waals surface area (Å²) in [5.41, 5.74) is 2.70. The number of likely N-dealkylation sites (tertiary alicyclic amines) is 1. The Balaban J connectivity index is 1.25. The van der Waals surface area contributed by atoms with E-state index in [0.29, 0.717) is 22.5 Å². The topological polar surface area (TPSA) is 104 Å². The average Bonchev–Trinajstić information content (AvgIpc) is 3.39. The molecular formula is C36H27Cl2FN2O6. The molecule has 2 aliphatic carbocycles. The molecule has 6 unspecified atom stereocenters. The van der Waals surface area contributed by atoms with Crippen molar-refractivity contribution in [2.45, 2.75) is 35.6 Å². The van der Waals surface area contributed by atoms with Crippen LogP contribution in [0.25, 0.3) is 0 Å². The number of carbonyl (C=O) groups is 4. The van der Waals surface area contributed by atoms with E-state index in [2.05, 4.69) is 0 Å². The summed E-state index contributed by atoms with van der Waals surface area (Å²) in [6, 6.07) is 18.8. The number of hydrogen-bond donors (Lipinski definition) is 1. The summed E-state index contributed by atoms with van der Waals surface area (Å²) in [6.45, 7) is 0.109. The number of halogens is 3. The van der Waals surface area contributed by atoms with Gasteiger partial charge in [0.1, 0.15) is 17.3 Å². The van der Waals surface area contributed by atoms with Crippen LogP contribution in [0.2, 0.25) is 0 Å². The van der Waals surface area contributed by atoms with Gasteiger partial charge in [0.2, 0.25) is 11.8 Å². The first-order valence-corrected chi connectivity index (χ1v) is 16.1. The first kappa shape index (κ1) is 29.9. The highest BCUT2D eigenvalue weighted by molar-refractivity contribution is 6.58. The van der Waals surface area contributed by atoms with E-state index in [4.69, 9.17) is 27.9 Å². The lowest BCUT2D eigenvalue weighted by Gasteiger charge is -2.51. The number of phenols is 1. The second kappa shape index (κ2) is 10.5. The molecule has 0 spiro atoms. The number of phenolic OH excluding ortho intramolecular Hbond substituents is 1. The normalized spacial score (nSPS) is 31.0. The summed E-state index contributed by atoms with van der Waals surface area (Å²) in [4.78, 5) is 54.9. The number of aromatic hydroxyl groups is 1. The Morgan fingerprint density at radius 1 is 0.915 bits per heavy atom. The number of rotatable bonds is 4. The highest BCUT2D eigenvalue weighted by Gasteiger charge is 2.77. The largest absolute Gasteiger partial charge is 0.508 e. The van der Waals surface area contributed by atoms with Gasteiger partial charge in [-0.25, -0.2) is 9.29 Å². The predicted octanol–water partition coefficient (Wildman–Crippen LogP) is 5.65. The summed E-state index contributed by atoms with van der Waals surface area (Å²) in [5.74, 6) is -5.45. The number of hydrogen-bond acceptors (Lipinski definition) is 6. The van der Waals surface area contributed by atoms with Crippen LogP contribution in [-0.2, 0) is 32.1 Å². The Morgan fingerprint density at radius 3 is 2.40 bits per heavy atom. The van der Waals surface area contributed by atoms with E-state index < -0.39 is 51.1 Å². The summed E-state index contributed by atoms with van der Waals surface area (Å²) in [6.07, 6.45) is 3.63. The quantitative estimate of drug-likeness (QED) is 0.218. The molecule has 6 atom stereocenters. The van der Waals surface area contributed by atoms with Crippen LogP contribution in [0.5, 0.6) is 11.5 Å². The van der Waals surface area contributed by atoms with E-state index >= 15 is 0 Å². The fourth-order valence-corrected chi connectivity index (χ4v) is 9.15. The molecular weight excluding hydrogens is 646 g/mol. The lowest BCUT2D eigenvalue weighted by molar-refractivity contribution is -0.141. The number of allylic oxidation sites excluding steroid dienone is 3. The third kappa shape index (κ3) is 4.18. The van der Waals surface area contributed by atoms with Gasteiger partial charge < -0.3 is 9.84 Å². The highest BCUT2D eigenvalue weighted by atomic mass is 35.5. The van der Waals surface area contributed by atoms with Crippen molar-refractivity contribution in [2.24, 2.45) is 23.7 Å². The van der Waals surface area contributed by atoms with Crippen molar-refractivity contribution >= 4 is 52.5 Å². The minimum Gasteiger partial charge on any atom is -0.508 e. The molecule has 1 saturated carbocycles. The lowest BCUT2D eigenvalue weighted by atomic mass is 9.56. The van der Waals surface area contributed by atoms with Gasteiger partial charge in [-0.05, 0) is 72.4 Å². The molecule has 8 rings (SSSR count). The third-order valence-corrected chi connectivity index (χ3v) is 11.7. The third-order valence-electron chi connectivity index (χ3n) is 10.3. The fourth-order valence-electron chi connectivity index (χ4n) is 8.20. The minimum absolute atomic E-state index is 0.0188. The molecule has 4 amide bonds. The number of ether oxygens (including phenoxy) is 1. The summed E-state index contributed by atoms with van der Waals surface area (Å²) < 4.78 is 19.8. The van der Waals surface area contributed by atoms with Crippen LogP contribution < -0.4 is 9.64 Å². The van der Waals surface area contributed by atoms with Crippen LogP contribution in [-0.4, -0.2) is 43.4 Å². The summed E-state index contributed by atoms with van der Waals surface area (Å²) in [5, 5.41) is 10.2. The molecule has 5 aliphatic rings. The van der Waals surface area contributed by atoms with Crippen molar-refractivity contribution in [3.63, 3.8) is 0 Å². The Labute approximate surface area is 279 Å². The second-order valence-corrected chi connectivity index (χ2v) is 14.0. The molecule has 3 aromatic rings. The van der Waals surface area contributed by atoms with Gasteiger partial charge in [0.05, 0.1) is 30.3 Å². The smallest absolute Gasteiger partial charge is 0.258 e. The number of nitrogens with zero attached hydrogens (tertiary/aromatic N) is 2. The van der Waals surface area contributed by atoms with Crippen molar-refractivity contribution in [3.8, 4) is 11.5 Å². The van der Waals surface area contributed by atoms with Crippen LogP contribution in [0.4, 0.5) is 10.1 Å². The average molecular weight is 674 g/mol. The Bertz CT molecular complexity index is 1950. The molecule has 8 nitrogen and oxygen atoms in total. The second-order valence-electron chi connectivity index (χ2n) is 12.8. The van der Waals surface area contributed by atoms with Gasteiger partial charge in [-0.2, -0.15) is 0 Å². The number of carbonyl (C=O) groups excluding carboxylic acids is 4. The highest BCUT2D eigenvalue weighted by Crippen LogP contribution is 2.65. The van der Waals surface area contributed by atoms with Crippen molar-refractivity contribution in [1.29, 1.82) is 0 Å². The number of amides is 4. The number of imide groups is 2. The van der Waals surface area contributed by atoms with E-state index in [0.717, 1.165) is 22.6 Å².